The molecule has 2 rings (SSSR count). The summed E-state index contributed by atoms with van der Waals surface area (Å²) in [5.41, 5.74) is 1.37. The van der Waals surface area contributed by atoms with Crippen molar-refractivity contribution in [1.82, 2.24) is 10.3 Å². The van der Waals surface area contributed by atoms with Gasteiger partial charge in [-0.15, -0.1) is 0 Å². The Hall–Kier alpha value is -0.890. The van der Waals surface area contributed by atoms with Gasteiger partial charge in [-0.1, -0.05) is 32.8 Å². The maximum Gasteiger partial charge on any atom is 0.0299 e. The van der Waals surface area contributed by atoms with Crippen LogP contribution in [0.5, 0.6) is 0 Å². The van der Waals surface area contributed by atoms with Crippen molar-refractivity contribution in [2.24, 2.45) is 11.8 Å². The first kappa shape index (κ1) is 15.5. The SMILES string of the molecule is CCCNC(CCc1cccnc1)C1CCC(C)CC1. The molecule has 1 saturated carbocycles. The molecule has 2 heteroatoms. The van der Waals surface area contributed by atoms with E-state index in [1.165, 1.54) is 44.1 Å². The zero-order chi connectivity index (χ0) is 14.2. The molecule has 0 bridgehead atoms. The van der Waals surface area contributed by atoms with E-state index in [2.05, 4.69) is 30.2 Å². The van der Waals surface area contributed by atoms with Gasteiger partial charge in [-0.3, -0.25) is 4.98 Å². The van der Waals surface area contributed by atoms with Crippen molar-refractivity contribution in [3.63, 3.8) is 0 Å². The maximum atomic E-state index is 4.23. The topological polar surface area (TPSA) is 24.9 Å². The number of aryl methyl sites for hydroxylation is 1. The first-order chi connectivity index (χ1) is 9.79. The molecule has 1 unspecified atom stereocenters. The fourth-order valence-corrected chi connectivity index (χ4v) is 3.39. The maximum absolute atomic E-state index is 4.23. The van der Waals surface area contributed by atoms with Crippen molar-refractivity contribution in [1.29, 1.82) is 0 Å². The highest BCUT2D eigenvalue weighted by atomic mass is 14.9. The molecular weight excluding hydrogens is 244 g/mol. The average Bonchev–Trinajstić information content (AvgIpc) is 2.50. The molecule has 20 heavy (non-hydrogen) atoms. The normalized spacial score (nSPS) is 24.5. The quantitative estimate of drug-likeness (QED) is 0.805. The summed E-state index contributed by atoms with van der Waals surface area (Å²) in [4.78, 5) is 4.23. The number of rotatable bonds is 7. The lowest BCUT2D eigenvalue weighted by molar-refractivity contribution is 0.222. The Morgan fingerprint density at radius 2 is 2.10 bits per heavy atom. The van der Waals surface area contributed by atoms with Gasteiger partial charge in [0, 0.05) is 18.4 Å². The van der Waals surface area contributed by atoms with Gasteiger partial charge in [0.2, 0.25) is 0 Å². The van der Waals surface area contributed by atoms with Gasteiger partial charge in [0.15, 0.2) is 0 Å². The molecule has 1 aliphatic carbocycles. The lowest BCUT2D eigenvalue weighted by Crippen LogP contribution is -2.38. The molecule has 0 aromatic carbocycles. The van der Waals surface area contributed by atoms with Crippen LogP contribution in [0.2, 0.25) is 0 Å². The van der Waals surface area contributed by atoms with Gasteiger partial charge in [0.05, 0.1) is 0 Å². The molecule has 0 spiro atoms. The van der Waals surface area contributed by atoms with Crippen molar-refractivity contribution in [2.45, 2.75) is 64.8 Å². The first-order valence-electron chi connectivity index (χ1n) is 8.42. The Balaban J connectivity index is 1.86. The molecule has 1 aromatic rings. The summed E-state index contributed by atoms with van der Waals surface area (Å²) in [6.45, 7) is 5.82. The predicted octanol–water partition coefficient (Wildman–Crippen LogP) is 4.21. The molecule has 1 N–H and O–H groups in total. The van der Waals surface area contributed by atoms with E-state index >= 15 is 0 Å². The largest absolute Gasteiger partial charge is 0.314 e. The summed E-state index contributed by atoms with van der Waals surface area (Å²) < 4.78 is 0. The molecule has 0 aliphatic heterocycles. The van der Waals surface area contributed by atoms with E-state index in [1.807, 2.05) is 18.5 Å². The fourth-order valence-electron chi connectivity index (χ4n) is 3.39. The number of pyridine rings is 1. The summed E-state index contributed by atoms with van der Waals surface area (Å²) in [7, 11) is 0. The highest BCUT2D eigenvalue weighted by Crippen LogP contribution is 2.31. The molecule has 0 amide bonds. The van der Waals surface area contributed by atoms with Crippen LogP contribution in [0.25, 0.3) is 0 Å². The van der Waals surface area contributed by atoms with Crippen molar-refractivity contribution >= 4 is 0 Å². The van der Waals surface area contributed by atoms with Gasteiger partial charge < -0.3 is 5.32 Å². The third-order valence-electron chi connectivity index (χ3n) is 4.75. The standard InChI is InChI=1S/C18H30N2/c1-3-12-20-18(17-9-6-15(2)7-10-17)11-8-16-5-4-13-19-14-16/h4-5,13-15,17-18,20H,3,6-12H2,1-2H3. The number of hydrogen-bond donors (Lipinski definition) is 1. The van der Waals surface area contributed by atoms with Crippen LogP contribution >= 0.6 is 0 Å². The van der Waals surface area contributed by atoms with Crippen LogP contribution in [0.4, 0.5) is 0 Å². The smallest absolute Gasteiger partial charge is 0.0299 e. The zero-order valence-electron chi connectivity index (χ0n) is 13.1. The van der Waals surface area contributed by atoms with Crippen LogP contribution in [0.15, 0.2) is 24.5 Å². The fraction of sp³-hybridized carbons (Fsp3) is 0.722. The van der Waals surface area contributed by atoms with Gasteiger partial charge >= 0.3 is 0 Å². The summed E-state index contributed by atoms with van der Waals surface area (Å²) >= 11 is 0. The molecule has 1 aromatic heterocycles. The first-order valence-corrected chi connectivity index (χ1v) is 8.42. The van der Waals surface area contributed by atoms with Crippen molar-refractivity contribution in [3.05, 3.63) is 30.1 Å². The van der Waals surface area contributed by atoms with E-state index in [9.17, 15) is 0 Å². The Labute approximate surface area is 124 Å². The zero-order valence-corrected chi connectivity index (χ0v) is 13.1. The van der Waals surface area contributed by atoms with E-state index in [0.717, 1.165) is 24.8 Å². The van der Waals surface area contributed by atoms with Crippen molar-refractivity contribution in [3.8, 4) is 0 Å². The molecule has 2 nitrogen and oxygen atoms in total. The van der Waals surface area contributed by atoms with Gasteiger partial charge in [0.1, 0.15) is 0 Å². The molecule has 1 aliphatic rings. The lowest BCUT2D eigenvalue weighted by Gasteiger charge is -2.33. The van der Waals surface area contributed by atoms with E-state index in [4.69, 9.17) is 0 Å². The van der Waals surface area contributed by atoms with E-state index in [0.29, 0.717) is 6.04 Å². The second kappa shape index (κ2) is 8.41. The summed E-state index contributed by atoms with van der Waals surface area (Å²) in [6.07, 6.45) is 13.2. The number of aromatic nitrogens is 1. The minimum Gasteiger partial charge on any atom is -0.314 e. The van der Waals surface area contributed by atoms with Crippen LogP contribution in [0, 0.1) is 11.8 Å². The minimum absolute atomic E-state index is 0.697. The Morgan fingerprint density at radius 3 is 2.75 bits per heavy atom. The second-order valence-electron chi connectivity index (χ2n) is 6.48. The van der Waals surface area contributed by atoms with Crippen LogP contribution in [-0.2, 0) is 6.42 Å². The van der Waals surface area contributed by atoms with Gasteiger partial charge in [-0.05, 0) is 62.1 Å². The average molecular weight is 274 g/mol. The molecular formula is C18H30N2. The number of nitrogens with zero attached hydrogens (tertiary/aromatic N) is 1. The van der Waals surface area contributed by atoms with Crippen molar-refractivity contribution < 1.29 is 0 Å². The molecule has 0 radical (unpaired) electrons. The second-order valence-corrected chi connectivity index (χ2v) is 6.48. The molecule has 0 saturated heterocycles. The third kappa shape index (κ3) is 4.90. The number of nitrogens with one attached hydrogen (secondary N) is 1. The predicted molar refractivity (Wildman–Crippen MR) is 85.8 cm³/mol. The summed E-state index contributed by atoms with van der Waals surface area (Å²) in [6, 6.07) is 4.95. The molecule has 1 heterocycles. The van der Waals surface area contributed by atoms with E-state index in [-0.39, 0.29) is 0 Å². The molecule has 1 atom stereocenters. The molecule has 112 valence electrons. The van der Waals surface area contributed by atoms with E-state index in [1.54, 1.807) is 0 Å². The van der Waals surface area contributed by atoms with Crippen molar-refractivity contribution in [2.75, 3.05) is 6.54 Å². The van der Waals surface area contributed by atoms with Gasteiger partial charge in [-0.2, -0.15) is 0 Å². The van der Waals surface area contributed by atoms with Gasteiger partial charge in [-0.25, -0.2) is 0 Å². The van der Waals surface area contributed by atoms with Gasteiger partial charge in [0.25, 0.3) is 0 Å². The Bertz CT molecular complexity index is 355. The highest BCUT2D eigenvalue weighted by molar-refractivity contribution is 5.08. The highest BCUT2D eigenvalue weighted by Gasteiger charge is 2.25. The Morgan fingerprint density at radius 1 is 1.30 bits per heavy atom. The molecule has 1 fully saturated rings. The summed E-state index contributed by atoms with van der Waals surface area (Å²) in [5.74, 6) is 1.82. The summed E-state index contributed by atoms with van der Waals surface area (Å²) in [5, 5.41) is 3.80. The van der Waals surface area contributed by atoms with E-state index < -0.39 is 0 Å². The third-order valence-corrected chi connectivity index (χ3v) is 4.75. The lowest BCUT2D eigenvalue weighted by atomic mass is 9.78. The van der Waals surface area contributed by atoms with Crippen LogP contribution in [-0.4, -0.2) is 17.6 Å². The van der Waals surface area contributed by atoms with Crippen LogP contribution in [0.1, 0.15) is 57.9 Å². The van der Waals surface area contributed by atoms with Crippen LogP contribution in [0.3, 0.4) is 0 Å². The van der Waals surface area contributed by atoms with Crippen LogP contribution < -0.4 is 5.32 Å². The Kier molecular flexibility index (Phi) is 6.52. The number of hydrogen-bond acceptors (Lipinski definition) is 2. The monoisotopic (exact) mass is 274 g/mol. The minimum atomic E-state index is 0.697.